The quantitative estimate of drug-likeness (QED) is 0.639. The largest absolute Gasteiger partial charge is 0.299 e. The van der Waals surface area contributed by atoms with E-state index in [2.05, 4.69) is 12.1 Å². The van der Waals surface area contributed by atoms with Gasteiger partial charge in [0.1, 0.15) is 5.78 Å². The lowest BCUT2D eigenvalue weighted by molar-refractivity contribution is -0.121. The standard InChI is InChI=1S/C12H14O/c1-9-7-8-11(12(9)13)10-5-3-2-4-6-10/h2-6,9,11H,7-8H2,1H3/t9-,11+/m1/s1. The average Bonchev–Trinajstić information content (AvgIpc) is 2.49. The van der Waals surface area contributed by atoms with Gasteiger partial charge in [-0.1, -0.05) is 37.3 Å². The summed E-state index contributed by atoms with van der Waals surface area (Å²) in [6.45, 7) is 2.03. The molecule has 13 heavy (non-hydrogen) atoms. The van der Waals surface area contributed by atoms with Crippen LogP contribution < -0.4 is 0 Å². The Balaban J connectivity index is 2.24. The molecular weight excluding hydrogens is 160 g/mol. The molecule has 0 bridgehead atoms. The number of carbonyl (C=O) groups excluding carboxylic acids is 1. The number of rotatable bonds is 1. The lowest BCUT2D eigenvalue weighted by atomic mass is 9.96. The molecule has 1 saturated carbocycles. The van der Waals surface area contributed by atoms with Gasteiger partial charge in [0.25, 0.3) is 0 Å². The fourth-order valence-electron chi connectivity index (χ4n) is 2.06. The van der Waals surface area contributed by atoms with Crippen LogP contribution in [0.25, 0.3) is 0 Å². The number of benzene rings is 1. The number of ketones is 1. The maximum atomic E-state index is 11.7. The first-order valence-corrected chi connectivity index (χ1v) is 4.87. The van der Waals surface area contributed by atoms with Gasteiger partial charge in [0.15, 0.2) is 0 Å². The SMILES string of the molecule is C[C@@H]1CC[C@@H](c2ccccc2)C1=O. The second kappa shape index (κ2) is 3.33. The second-order valence-electron chi connectivity index (χ2n) is 3.84. The number of hydrogen-bond acceptors (Lipinski definition) is 1. The minimum absolute atomic E-state index is 0.177. The van der Waals surface area contributed by atoms with Crippen LogP contribution in [-0.2, 0) is 4.79 Å². The van der Waals surface area contributed by atoms with E-state index >= 15 is 0 Å². The second-order valence-corrected chi connectivity index (χ2v) is 3.84. The molecule has 1 heteroatoms. The van der Waals surface area contributed by atoms with Gasteiger partial charge in [0.05, 0.1) is 0 Å². The Labute approximate surface area is 78.8 Å². The van der Waals surface area contributed by atoms with Crippen molar-refractivity contribution in [3.8, 4) is 0 Å². The van der Waals surface area contributed by atoms with E-state index in [9.17, 15) is 4.79 Å². The maximum absolute atomic E-state index is 11.7. The van der Waals surface area contributed by atoms with Crippen LogP contribution >= 0.6 is 0 Å². The third-order valence-electron chi connectivity index (χ3n) is 2.92. The lowest BCUT2D eigenvalue weighted by Gasteiger charge is -2.07. The van der Waals surface area contributed by atoms with Crippen LogP contribution in [0.5, 0.6) is 0 Å². The first-order valence-electron chi connectivity index (χ1n) is 4.87. The van der Waals surface area contributed by atoms with Gasteiger partial charge in [0, 0.05) is 11.8 Å². The Morgan fingerprint density at radius 2 is 1.85 bits per heavy atom. The monoisotopic (exact) mass is 174 g/mol. The zero-order valence-corrected chi connectivity index (χ0v) is 7.86. The molecule has 2 rings (SSSR count). The van der Waals surface area contributed by atoms with E-state index in [4.69, 9.17) is 0 Å². The van der Waals surface area contributed by atoms with Gasteiger partial charge in [0.2, 0.25) is 0 Å². The molecule has 0 heterocycles. The molecule has 0 aromatic heterocycles. The van der Waals surface area contributed by atoms with Gasteiger partial charge in [-0.05, 0) is 18.4 Å². The highest BCUT2D eigenvalue weighted by Crippen LogP contribution is 2.34. The van der Waals surface area contributed by atoms with E-state index in [0.29, 0.717) is 5.78 Å². The summed E-state index contributed by atoms with van der Waals surface area (Å²) in [4.78, 5) is 11.7. The third-order valence-corrected chi connectivity index (χ3v) is 2.92. The molecule has 1 aromatic carbocycles. The van der Waals surface area contributed by atoms with E-state index in [0.717, 1.165) is 12.8 Å². The van der Waals surface area contributed by atoms with Crippen LogP contribution in [0, 0.1) is 5.92 Å². The summed E-state index contributed by atoms with van der Waals surface area (Å²) in [6.07, 6.45) is 2.09. The Kier molecular flexibility index (Phi) is 2.17. The molecule has 0 spiro atoms. The molecule has 1 fully saturated rings. The van der Waals surface area contributed by atoms with Crippen molar-refractivity contribution in [3.63, 3.8) is 0 Å². The summed E-state index contributed by atoms with van der Waals surface area (Å²) < 4.78 is 0. The van der Waals surface area contributed by atoms with Gasteiger partial charge in [-0.2, -0.15) is 0 Å². The van der Waals surface area contributed by atoms with Crippen molar-refractivity contribution in [2.24, 2.45) is 5.92 Å². The van der Waals surface area contributed by atoms with Crippen LogP contribution in [0.1, 0.15) is 31.2 Å². The Morgan fingerprint density at radius 3 is 2.38 bits per heavy atom. The Morgan fingerprint density at radius 1 is 1.15 bits per heavy atom. The van der Waals surface area contributed by atoms with Gasteiger partial charge >= 0.3 is 0 Å². The number of Topliss-reactive ketones (excluding diaryl/α,β-unsaturated/α-hetero) is 1. The van der Waals surface area contributed by atoms with Crippen LogP contribution in [0.2, 0.25) is 0 Å². The molecule has 2 atom stereocenters. The van der Waals surface area contributed by atoms with Gasteiger partial charge in [-0.3, -0.25) is 4.79 Å². The molecule has 1 nitrogen and oxygen atoms in total. The number of carbonyl (C=O) groups is 1. The lowest BCUT2D eigenvalue weighted by Crippen LogP contribution is -2.09. The van der Waals surface area contributed by atoms with E-state index in [1.165, 1.54) is 5.56 Å². The molecule has 1 aliphatic carbocycles. The predicted octanol–water partition coefficient (Wildman–Crippen LogP) is 2.77. The Hall–Kier alpha value is -1.11. The van der Waals surface area contributed by atoms with Gasteiger partial charge < -0.3 is 0 Å². The van der Waals surface area contributed by atoms with Crippen molar-refractivity contribution in [2.45, 2.75) is 25.7 Å². The molecule has 0 unspecified atom stereocenters. The molecule has 0 N–H and O–H groups in total. The molecule has 0 amide bonds. The minimum atomic E-state index is 0.177. The van der Waals surface area contributed by atoms with Crippen LogP contribution in [-0.4, -0.2) is 5.78 Å². The van der Waals surface area contributed by atoms with Crippen LogP contribution in [0.4, 0.5) is 0 Å². The van der Waals surface area contributed by atoms with E-state index in [-0.39, 0.29) is 11.8 Å². The molecule has 1 aromatic rings. The van der Waals surface area contributed by atoms with Crippen molar-refractivity contribution >= 4 is 5.78 Å². The van der Waals surface area contributed by atoms with Crippen molar-refractivity contribution in [3.05, 3.63) is 35.9 Å². The average molecular weight is 174 g/mol. The normalized spacial score (nSPS) is 27.9. The third kappa shape index (κ3) is 1.51. The summed E-state index contributed by atoms with van der Waals surface area (Å²) in [5, 5.41) is 0. The van der Waals surface area contributed by atoms with Crippen molar-refractivity contribution in [1.29, 1.82) is 0 Å². The predicted molar refractivity (Wildman–Crippen MR) is 52.6 cm³/mol. The van der Waals surface area contributed by atoms with Crippen molar-refractivity contribution in [1.82, 2.24) is 0 Å². The first-order chi connectivity index (χ1) is 6.29. The summed E-state index contributed by atoms with van der Waals surface area (Å²) in [5.41, 5.74) is 1.19. The zero-order valence-electron chi connectivity index (χ0n) is 7.86. The topological polar surface area (TPSA) is 17.1 Å². The fraction of sp³-hybridized carbons (Fsp3) is 0.417. The summed E-state index contributed by atoms with van der Waals surface area (Å²) >= 11 is 0. The van der Waals surface area contributed by atoms with E-state index < -0.39 is 0 Å². The van der Waals surface area contributed by atoms with Crippen LogP contribution in [0.15, 0.2) is 30.3 Å². The summed E-state index contributed by atoms with van der Waals surface area (Å²) in [5.74, 6) is 0.868. The van der Waals surface area contributed by atoms with Crippen molar-refractivity contribution in [2.75, 3.05) is 0 Å². The van der Waals surface area contributed by atoms with Gasteiger partial charge in [-0.25, -0.2) is 0 Å². The molecule has 0 radical (unpaired) electrons. The highest BCUT2D eigenvalue weighted by Gasteiger charge is 2.31. The van der Waals surface area contributed by atoms with E-state index in [1.54, 1.807) is 0 Å². The first kappa shape index (κ1) is 8.49. The maximum Gasteiger partial charge on any atom is 0.143 e. The van der Waals surface area contributed by atoms with Crippen LogP contribution in [0.3, 0.4) is 0 Å². The molecular formula is C12H14O. The molecule has 0 aliphatic heterocycles. The Bertz CT molecular complexity index is 302. The zero-order chi connectivity index (χ0) is 9.26. The van der Waals surface area contributed by atoms with E-state index in [1.807, 2.05) is 25.1 Å². The molecule has 1 aliphatic rings. The fourth-order valence-corrected chi connectivity index (χ4v) is 2.06. The smallest absolute Gasteiger partial charge is 0.143 e. The molecule has 0 saturated heterocycles. The highest BCUT2D eigenvalue weighted by molar-refractivity contribution is 5.89. The minimum Gasteiger partial charge on any atom is -0.299 e. The number of hydrogen-bond donors (Lipinski definition) is 0. The summed E-state index contributed by atoms with van der Waals surface area (Å²) in [7, 11) is 0. The summed E-state index contributed by atoms with van der Waals surface area (Å²) in [6, 6.07) is 10.1. The molecule has 68 valence electrons. The highest BCUT2D eigenvalue weighted by atomic mass is 16.1. The van der Waals surface area contributed by atoms with Gasteiger partial charge in [-0.15, -0.1) is 0 Å². The van der Waals surface area contributed by atoms with Crippen molar-refractivity contribution < 1.29 is 4.79 Å².